The second-order valence-electron chi connectivity index (χ2n) is 8.91. The number of nitrogens with zero attached hydrogens (tertiary/aromatic N) is 4. The Labute approximate surface area is 196 Å². The Morgan fingerprint density at radius 3 is 2.82 bits per heavy atom. The van der Waals surface area contributed by atoms with Crippen LogP contribution < -0.4 is 10.6 Å². The predicted octanol–water partition coefficient (Wildman–Crippen LogP) is 0.765. The number of rotatable bonds is 7. The van der Waals surface area contributed by atoms with Crippen LogP contribution in [0, 0.1) is 0 Å². The van der Waals surface area contributed by atoms with Crippen molar-refractivity contribution in [3.63, 3.8) is 0 Å². The minimum Gasteiger partial charge on any atom is -0.390 e. The summed E-state index contributed by atoms with van der Waals surface area (Å²) < 4.78 is 6.61. The first-order valence-corrected chi connectivity index (χ1v) is 11.6. The fraction of sp³-hybridized carbons (Fsp3) is 0.417. The zero-order valence-electron chi connectivity index (χ0n) is 18.8. The van der Waals surface area contributed by atoms with Crippen LogP contribution in [0.1, 0.15) is 44.3 Å². The topological polar surface area (TPSA) is 126 Å². The fourth-order valence-electron chi connectivity index (χ4n) is 4.63. The van der Waals surface area contributed by atoms with Crippen molar-refractivity contribution in [1.82, 2.24) is 30.2 Å². The maximum absolute atomic E-state index is 12.6. The van der Waals surface area contributed by atoms with Crippen molar-refractivity contribution >= 4 is 11.8 Å². The van der Waals surface area contributed by atoms with Gasteiger partial charge >= 0.3 is 0 Å². The van der Waals surface area contributed by atoms with Crippen LogP contribution in [0.15, 0.2) is 47.3 Å². The molecule has 2 atom stereocenters. The van der Waals surface area contributed by atoms with E-state index in [1.54, 1.807) is 6.20 Å². The Bertz CT molecular complexity index is 1160. The van der Waals surface area contributed by atoms with Crippen LogP contribution in [0.25, 0.3) is 0 Å². The highest BCUT2D eigenvalue weighted by Gasteiger charge is 2.25. The van der Waals surface area contributed by atoms with Crippen LogP contribution in [0.2, 0.25) is 0 Å². The number of carbonyl (C=O) groups excluding carboxylic acids is 2. The van der Waals surface area contributed by atoms with Crippen LogP contribution in [-0.4, -0.2) is 68.3 Å². The minimum absolute atomic E-state index is 0.0849. The highest BCUT2D eigenvalue weighted by atomic mass is 16.5. The van der Waals surface area contributed by atoms with Gasteiger partial charge in [0.15, 0.2) is 5.69 Å². The second-order valence-corrected chi connectivity index (χ2v) is 8.91. The van der Waals surface area contributed by atoms with Crippen LogP contribution in [0.5, 0.6) is 0 Å². The lowest BCUT2D eigenvalue weighted by molar-refractivity contribution is 0.0838. The molecule has 0 saturated carbocycles. The van der Waals surface area contributed by atoms with Crippen LogP contribution >= 0.6 is 0 Å². The zero-order valence-corrected chi connectivity index (χ0v) is 18.8. The van der Waals surface area contributed by atoms with E-state index in [1.807, 2.05) is 10.6 Å². The first kappa shape index (κ1) is 22.3. The van der Waals surface area contributed by atoms with Crippen LogP contribution in [0.4, 0.5) is 0 Å². The van der Waals surface area contributed by atoms with E-state index >= 15 is 0 Å². The predicted molar refractivity (Wildman–Crippen MR) is 122 cm³/mol. The van der Waals surface area contributed by atoms with Gasteiger partial charge in [0.2, 0.25) is 0 Å². The van der Waals surface area contributed by atoms with Gasteiger partial charge in [0.05, 0.1) is 6.10 Å². The number of nitrogens with one attached hydrogen (secondary N) is 2. The number of amides is 2. The second kappa shape index (κ2) is 9.78. The van der Waals surface area contributed by atoms with Gasteiger partial charge in [0.1, 0.15) is 17.8 Å². The van der Waals surface area contributed by atoms with Crippen LogP contribution in [0.3, 0.4) is 0 Å². The molecule has 3 aromatic rings. The van der Waals surface area contributed by atoms with Gasteiger partial charge in [0, 0.05) is 57.4 Å². The summed E-state index contributed by atoms with van der Waals surface area (Å²) in [5.41, 5.74) is 3.22. The molecule has 4 heterocycles. The number of aromatic nitrogens is 3. The lowest BCUT2D eigenvalue weighted by atomic mass is 10.00. The van der Waals surface area contributed by atoms with Gasteiger partial charge in [-0.25, -0.2) is 4.98 Å². The molecule has 2 amide bonds. The lowest BCUT2D eigenvalue weighted by Gasteiger charge is -2.30. The molecule has 0 bridgehead atoms. The molecule has 0 radical (unpaired) electrons. The smallest absolute Gasteiger partial charge is 0.273 e. The maximum Gasteiger partial charge on any atom is 0.273 e. The maximum atomic E-state index is 12.6. The molecular weight excluding hydrogens is 436 g/mol. The van der Waals surface area contributed by atoms with E-state index in [9.17, 15) is 14.7 Å². The molecule has 1 unspecified atom stereocenters. The highest BCUT2D eigenvalue weighted by Crippen LogP contribution is 2.19. The van der Waals surface area contributed by atoms with Crippen LogP contribution in [-0.2, 0) is 25.9 Å². The molecule has 0 aliphatic carbocycles. The summed E-state index contributed by atoms with van der Waals surface area (Å²) >= 11 is 0. The summed E-state index contributed by atoms with van der Waals surface area (Å²) in [7, 11) is 0. The molecule has 2 aliphatic rings. The SMILES string of the molecule is O=C(NC[C@H](O)CN1CCc2ccccc2C1)c1cn2c(n1)CCC(NC(=O)c1ccon1)C2. The summed E-state index contributed by atoms with van der Waals surface area (Å²) in [5.74, 6) is 0.212. The van der Waals surface area contributed by atoms with Gasteiger partial charge in [0.25, 0.3) is 11.8 Å². The van der Waals surface area contributed by atoms with Crippen molar-refractivity contribution in [3.05, 3.63) is 71.1 Å². The van der Waals surface area contributed by atoms with E-state index < -0.39 is 6.10 Å². The number of carbonyl (C=O) groups is 2. The molecule has 0 fully saturated rings. The van der Waals surface area contributed by atoms with E-state index in [0.29, 0.717) is 25.2 Å². The van der Waals surface area contributed by atoms with E-state index in [0.717, 1.165) is 31.8 Å². The van der Waals surface area contributed by atoms with E-state index in [4.69, 9.17) is 4.52 Å². The van der Waals surface area contributed by atoms with Gasteiger partial charge in [-0.05, 0) is 24.0 Å². The number of benzene rings is 1. The highest BCUT2D eigenvalue weighted by molar-refractivity contribution is 5.92. The number of aliphatic hydroxyl groups is 1. The Hall–Kier alpha value is -3.50. The molecule has 2 aliphatic heterocycles. The number of imidazole rings is 1. The summed E-state index contributed by atoms with van der Waals surface area (Å²) in [6.07, 6.45) is 4.73. The average Bonchev–Trinajstić information content (AvgIpc) is 3.52. The molecule has 5 rings (SSSR count). The monoisotopic (exact) mass is 464 g/mol. The minimum atomic E-state index is -0.664. The molecule has 0 saturated heterocycles. The third-order valence-electron chi connectivity index (χ3n) is 6.41. The summed E-state index contributed by atoms with van der Waals surface area (Å²) in [5, 5.41) is 19.9. The van der Waals surface area contributed by atoms with Crippen molar-refractivity contribution in [1.29, 1.82) is 0 Å². The van der Waals surface area contributed by atoms with Crippen molar-refractivity contribution in [2.45, 2.75) is 44.5 Å². The number of fused-ring (bicyclic) bond motifs is 2. The fourth-order valence-corrected chi connectivity index (χ4v) is 4.63. The van der Waals surface area contributed by atoms with E-state index in [1.165, 1.54) is 23.5 Å². The normalized spacial score (nSPS) is 18.6. The molecule has 2 aromatic heterocycles. The first-order valence-electron chi connectivity index (χ1n) is 11.6. The van der Waals surface area contributed by atoms with Gasteiger partial charge in [-0.15, -0.1) is 0 Å². The first-order chi connectivity index (χ1) is 16.5. The van der Waals surface area contributed by atoms with Gasteiger partial charge < -0.3 is 24.8 Å². The Morgan fingerprint density at radius 2 is 2.00 bits per heavy atom. The summed E-state index contributed by atoms with van der Waals surface area (Å²) in [6, 6.07) is 9.80. The molecule has 178 valence electrons. The molecule has 10 nitrogen and oxygen atoms in total. The Kier molecular flexibility index (Phi) is 6.41. The number of β-amino-alcohol motifs (C(OH)–C–C–N with tert-alkyl or cyclic N) is 1. The average molecular weight is 465 g/mol. The molecule has 10 heteroatoms. The lowest BCUT2D eigenvalue weighted by Crippen LogP contribution is -2.42. The molecule has 3 N–H and O–H groups in total. The Morgan fingerprint density at radius 1 is 1.15 bits per heavy atom. The van der Waals surface area contributed by atoms with Gasteiger partial charge in [-0.1, -0.05) is 29.4 Å². The van der Waals surface area contributed by atoms with E-state index in [2.05, 4.69) is 43.9 Å². The van der Waals surface area contributed by atoms with Crippen molar-refractivity contribution in [2.75, 3.05) is 19.6 Å². The molecular formula is C24H28N6O4. The Balaban J connectivity index is 1.10. The number of aliphatic hydroxyl groups excluding tert-OH is 1. The van der Waals surface area contributed by atoms with Gasteiger partial charge in [-0.2, -0.15) is 0 Å². The standard InChI is InChI=1S/C24H28N6O4/c31-19(14-29-9-7-16-3-1-2-4-17(16)12-29)11-25-23(32)21-15-30-13-18(5-6-22(30)27-21)26-24(33)20-8-10-34-28-20/h1-4,8,10,15,18-19,31H,5-7,9,11-14H2,(H,25,32)(H,26,33)/t18?,19-/m0/s1. The zero-order chi connectivity index (χ0) is 23.5. The number of hydrogen-bond acceptors (Lipinski definition) is 7. The third-order valence-corrected chi connectivity index (χ3v) is 6.41. The van der Waals surface area contributed by atoms with Crippen molar-refractivity contribution in [3.8, 4) is 0 Å². The number of aryl methyl sites for hydroxylation is 1. The van der Waals surface area contributed by atoms with Gasteiger partial charge in [-0.3, -0.25) is 14.5 Å². The van der Waals surface area contributed by atoms with Crippen molar-refractivity contribution < 1.29 is 19.2 Å². The molecule has 34 heavy (non-hydrogen) atoms. The third kappa shape index (κ3) is 5.02. The summed E-state index contributed by atoms with van der Waals surface area (Å²) in [6.45, 7) is 2.89. The number of hydrogen-bond donors (Lipinski definition) is 3. The quantitative estimate of drug-likeness (QED) is 0.471. The molecule has 0 spiro atoms. The molecule has 1 aromatic carbocycles. The van der Waals surface area contributed by atoms with Crippen molar-refractivity contribution in [2.24, 2.45) is 0 Å². The van der Waals surface area contributed by atoms with E-state index in [-0.39, 0.29) is 30.1 Å². The largest absolute Gasteiger partial charge is 0.390 e. The summed E-state index contributed by atoms with van der Waals surface area (Å²) in [4.78, 5) is 31.5.